The number of rotatable bonds is 12. The van der Waals surface area contributed by atoms with Gasteiger partial charge in [0.1, 0.15) is 18.2 Å². The second-order valence-electron chi connectivity index (χ2n) is 11.9. The van der Waals surface area contributed by atoms with Crippen molar-refractivity contribution in [3.63, 3.8) is 0 Å². The number of amides is 3. The van der Waals surface area contributed by atoms with E-state index in [1.54, 1.807) is 0 Å². The van der Waals surface area contributed by atoms with Gasteiger partial charge in [0.2, 0.25) is 11.8 Å². The molecule has 5 rings (SSSR count). The predicted molar refractivity (Wildman–Crippen MR) is 172 cm³/mol. The molecule has 2 aliphatic rings. The number of carbonyl (C=O) groups excluding carboxylic acids is 3. The Kier molecular flexibility index (Phi) is 10.7. The summed E-state index contributed by atoms with van der Waals surface area (Å²) in [5, 5.41) is 5.85. The summed E-state index contributed by atoms with van der Waals surface area (Å²) in [6.45, 7) is 5.67. The molecule has 2 aliphatic heterocycles. The van der Waals surface area contributed by atoms with Crippen LogP contribution in [0.5, 0.6) is 0 Å². The van der Waals surface area contributed by atoms with Gasteiger partial charge < -0.3 is 20.3 Å². The summed E-state index contributed by atoms with van der Waals surface area (Å²) < 4.78 is 5.25. The topological polar surface area (TPSA) is 91.0 Å². The van der Waals surface area contributed by atoms with Crippen molar-refractivity contribution in [2.24, 2.45) is 0 Å². The first kappa shape index (κ1) is 31.3. The normalized spacial score (nSPS) is 18.2. The van der Waals surface area contributed by atoms with Crippen LogP contribution < -0.4 is 10.6 Å². The third-order valence-corrected chi connectivity index (χ3v) is 8.81. The zero-order valence-electron chi connectivity index (χ0n) is 25.7. The molecule has 0 aromatic heterocycles. The summed E-state index contributed by atoms with van der Waals surface area (Å²) in [5.41, 5.74) is 3.81. The van der Waals surface area contributed by atoms with E-state index in [2.05, 4.69) is 71.0 Å². The fourth-order valence-corrected chi connectivity index (χ4v) is 6.33. The lowest BCUT2D eigenvalue weighted by Gasteiger charge is -2.51. The molecule has 0 saturated carbocycles. The van der Waals surface area contributed by atoms with E-state index in [1.807, 2.05) is 41.3 Å². The first-order chi connectivity index (χ1) is 21.5. The van der Waals surface area contributed by atoms with Crippen LogP contribution in [0, 0.1) is 0 Å². The lowest BCUT2D eigenvalue weighted by atomic mass is 9.81. The van der Waals surface area contributed by atoms with Crippen LogP contribution in [-0.4, -0.2) is 65.5 Å². The summed E-state index contributed by atoms with van der Waals surface area (Å²) in [6, 6.07) is 28.1. The minimum Gasteiger partial charge on any atom is -0.445 e. The number of benzene rings is 3. The highest BCUT2D eigenvalue weighted by molar-refractivity contribution is 6.00. The van der Waals surface area contributed by atoms with Crippen LogP contribution in [0.1, 0.15) is 56.6 Å². The van der Waals surface area contributed by atoms with Gasteiger partial charge in [-0.3, -0.25) is 14.5 Å². The van der Waals surface area contributed by atoms with Crippen molar-refractivity contribution in [1.29, 1.82) is 0 Å². The maximum Gasteiger partial charge on any atom is 0.407 e. The molecule has 2 fully saturated rings. The summed E-state index contributed by atoms with van der Waals surface area (Å²) in [6.07, 6.45) is 3.57. The van der Waals surface area contributed by atoms with E-state index in [0.29, 0.717) is 45.2 Å². The van der Waals surface area contributed by atoms with Crippen molar-refractivity contribution in [1.82, 2.24) is 20.4 Å². The zero-order valence-corrected chi connectivity index (χ0v) is 25.7. The number of nitrogens with one attached hydrogen (secondary N) is 2. The Morgan fingerprint density at radius 3 is 2.23 bits per heavy atom. The first-order valence-electron chi connectivity index (χ1n) is 15.9. The Morgan fingerprint density at radius 1 is 0.886 bits per heavy atom. The number of nitrogens with zero attached hydrogens (tertiary/aromatic N) is 2. The number of ether oxygens (including phenoxy) is 1. The monoisotopic (exact) mass is 596 g/mol. The number of unbranched alkanes of at least 4 members (excludes halogenated alkanes) is 1. The molecular weight excluding hydrogens is 552 g/mol. The van der Waals surface area contributed by atoms with Crippen molar-refractivity contribution in [2.75, 3.05) is 26.2 Å². The first-order valence-corrected chi connectivity index (χ1v) is 15.9. The molecule has 44 heavy (non-hydrogen) atoms. The summed E-state index contributed by atoms with van der Waals surface area (Å²) in [4.78, 5) is 43.5. The fourth-order valence-electron chi connectivity index (χ4n) is 6.33. The second-order valence-corrected chi connectivity index (χ2v) is 11.9. The standard InChI is InChI=1S/C36H44N4O4/c1-2-23-40-33(41)32(15-9-10-22-37-35(43)44-27-29-11-5-3-6-12-29)38-34(42)36(40)20-24-39(25-21-36)26-28-16-18-31(19-17-28)30-13-7-4-8-14-30/h3-8,11-14,16-19,32H,2,9-10,15,20-27H2,1H3,(H,37,43)(H,38,42)/t32-/m0/s1. The average molecular weight is 597 g/mol. The molecule has 2 heterocycles. The van der Waals surface area contributed by atoms with Crippen LogP contribution >= 0.6 is 0 Å². The van der Waals surface area contributed by atoms with E-state index in [4.69, 9.17) is 4.74 Å². The van der Waals surface area contributed by atoms with Gasteiger partial charge in [-0.1, -0.05) is 91.9 Å². The number of carbonyl (C=O) groups is 3. The fraction of sp³-hybridized carbons (Fsp3) is 0.417. The number of hydrogen-bond acceptors (Lipinski definition) is 5. The number of piperazine rings is 1. The molecule has 8 nitrogen and oxygen atoms in total. The minimum absolute atomic E-state index is 0.0200. The summed E-state index contributed by atoms with van der Waals surface area (Å²) in [5.74, 6) is -0.00309. The van der Waals surface area contributed by atoms with E-state index in [-0.39, 0.29) is 18.4 Å². The van der Waals surface area contributed by atoms with Crippen molar-refractivity contribution < 1.29 is 19.1 Å². The molecule has 2 saturated heterocycles. The number of alkyl carbamates (subject to hydrolysis) is 1. The second kappa shape index (κ2) is 15.0. The van der Waals surface area contributed by atoms with Crippen molar-refractivity contribution >= 4 is 17.9 Å². The van der Waals surface area contributed by atoms with Crippen LogP contribution in [0.4, 0.5) is 4.79 Å². The van der Waals surface area contributed by atoms with Gasteiger partial charge in [-0.2, -0.15) is 0 Å². The molecule has 0 radical (unpaired) electrons. The Morgan fingerprint density at radius 2 is 1.55 bits per heavy atom. The highest BCUT2D eigenvalue weighted by Gasteiger charge is 2.53. The predicted octanol–water partition coefficient (Wildman–Crippen LogP) is 5.52. The molecule has 3 aromatic rings. The lowest BCUT2D eigenvalue weighted by Crippen LogP contribution is -2.72. The Bertz CT molecular complexity index is 1370. The summed E-state index contributed by atoms with van der Waals surface area (Å²) in [7, 11) is 0. The quantitative estimate of drug-likeness (QED) is 0.269. The molecular formula is C36H44N4O4. The largest absolute Gasteiger partial charge is 0.445 e. The van der Waals surface area contributed by atoms with Crippen LogP contribution in [0.25, 0.3) is 11.1 Å². The lowest BCUT2D eigenvalue weighted by molar-refractivity contribution is -0.161. The summed E-state index contributed by atoms with van der Waals surface area (Å²) >= 11 is 0. The molecule has 3 aromatic carbocycles. The van der Waals surface area contributed by atoms with Gasteiger partial charge in [0.05, 0.1) is 0 Å². The van der Waals surface area contributed by atoms with Gasteiger partial charge in [0, 0.05) is 32.7 Å². The van der Waals surface area contributed by atoms with Gasteiger partial charge in [-0.25, -0.2) is 4.79 Å². The Hall–Kier alpha value is -4.17. The molecule has 0 aliphatic carbocycles. The third-order valence-electron chi connectivity index (χ3n) is 8.81. The SMILES string of the molecule is CCCN1C(=O)[C@H](CCCCNC(=O)OCc2ccccc2)NC(=O)C12CCN(Cc1ccc(-c3ccccc3)cc1)CC2. The van der Waals surface area contributed by atoms with Crippen LogP contribution in [0.3, 0.4) is 0 Å². The van der Waals surface area contributed by atoms with Crippen LogP contribution in [0.2, 0.25) is 0 Å². The van der Waals surface area contributed by atoms with E-state index in [0.717, 1.165) is 31.6 Å². The minimum atomic E-state index is -0.776. The van der Waals surface area contributed by atoms with Crippen molar-refractivity contribution in [2.45, 2.75) is 70.2 Å². The van der Waals surface area contributed by atoms with Gasteiger partial charge >= 0.3 is 6.09 Å². The number of piperidine rings is 1. The third kappa shape index (κ3) is 7.66. The van der Waals surface area contributed by atoms with Crippen LogP contribution in [0.15, 0.2) is 84.9 Å². The Balaban J connectivity index is 1.08. The number of hydrogen-bond donors (Lipinski definition) is 2. The highest BCUT2D eigenvalue weighted by atomic mass is 16.5. The Labute approximate surface area is 260 Å². The van der Waals surface area contributed by atoms with Gasteiger partial charge in [-0.05, 0) is 60.8 Å². The molecule has 8 heteroatoms. The van der Waals surface area contributed by atoms with Gasteiger partial charge in [0.25, 0.3) is 0 Å². The molecule has 0 unspecified atom stereocenters. The molecule has 1 spiro atoms. The van der Waals surface area contributed by atoms with Crippen LogP contribution in [-0.2, 0) is 27.5 Å². The highest BCUT2D eigenvalue weighted by Crippen LogP contribution is 2.34. The van der Waals surface area contributed by atoms with E-state index in [9.17, 15) is 14.4 Å². The van der Waals surface area contributed by atoms with E-state index >= 15 is 0 Å². The smallest absolute Gasteiger partial charge is 0.407 e. The van der Waals surface area contributed by atoms with Gasteiger partial charge in [-0.15, -0.1) is 0 Å². The van der Waals surface area contributed by atoms with E-state index in [1.165, 1.54) is 16.7 Å². The maximum absolute atomic E-state index is 13.7. The maximum atomic E-state index is 13.7. The van der Waals surface area contributed by atoms with Crippen molar-refractivity contribution in [3.05, 3.63) is 96.1 Å². The zero-order chi connectivity index (χ0) is 30.8. The molecule has 232 valence electrons. The number of likely N-dealkylation sites (tertiary alicyclic amines) is 1. The molecule has 2 N–H and O–H groups in total. The van der Waals surface area contributed by atoms with Gasteiger partial charge in [0.15, 0.2) is 0 Å². The molecule has 0 bridgehead atoms. The van der Waals surface area contributed by atoms with E-state index < -0.39 is 17.7 Å². The molecule has 1 atom stereocenters. The molecule has 3 amide bonds. The van der Waals surface area contributed by atoms with Crippen molar-refractivity contribution in [3.8, 4) is 11.1 Å². The average Bonchev–Trinajstić information content (AvgIpc) is 3.06.